The van der Waals surface area contributed by atoms with Crippen LogP contribution in [0.15, 0.2) is 0 Å². The van der Waals surface area contributed by atoms with Crippen molar-refractivity contribution >= 4 is 17.8 Å². The lowest BCUT2D eigenvalue weighted by molar-refractivity contribution is -0.380. The summed E-state index contributed by atoms with van der Waals surface area (Å²) in [4.78, 5) is 36.3. The number of aliphatic hydroxyl groups is 11. The first-order valence-electron chi connectivity index (χ1n) is 14.4. The van der Waals surface area contributed by atoms with Crippen LogP contribution in [0.25, 0.3) is 0 Å². The molecule has 0 saturated carbocycles. The second-order valence-corrected chi connectivity index (χ2v) is 11.3. The highest BCUT2D eigenvalue weighted by molar-refractivity contribution is 5.78. The van der Waals surface area contributed by atoms with E-state index in [0.717, 1.165) is 6.92 Å². The monoisotopic (exact) mass is 690 g/mol. The van der Waals surface area contributed by atoms with Gasteiger partial charge in [0.2, 0.25) is 11.8 Å². The summed E-state index contributed by atoms with van der Waals surface area (Å²) >= 11 is 0. The predicted molar refractivity (Wildman–Crippen MR) is 143 cm³/mol. The number of rotatable bonds is 13. The van der Waals surface area contributed by atoms with Gasteiger partial charge < -0.3 is 95.6 Å². The summed E-state index contributed by atoms with van der Waals surface area (Å²) in [5.74, 6) is -6.98. The molecule has 3 saturated heterocycles. The molecule has 16 atom stereocenters. The molecule has 14 N–H and O–H groups in total. The summed E-state index contributed by atoms with van der Waals surface area (Å²) in [7, 11) is 0. The van der Waals surface area contributed by atoms with Crippen molar-refractivity contribution < 1.29 is 99.3 Å². The molecule has 0 spiro atoms. The molecule has 0 unspecified atom stereocenters. The van der Waals surface area contributed by atoms with E-state index in [0.29, 0.717) is 0 Å². The molecule has 47 heavy (non-hydrogen) atoms. The molecule has 3 rings (SSSR count). The Bertz CT molecular complexity index is 1070. The van der Waals surface area contributed by atoms with Crippen molar-refractivity contribution in [3.8, 4) is 0 Å². The smallest absolute Gasteiger partial charge is 0.364 e. The van der Waals surface area contributed by atoms with E-state index in [9.17, 15) is 70.6 Å². The van der Waals surface area contributed by atoms with Gasteiger partial charge in [-0.15, -0.1) is 0 Å². The summed E-state index contributed by atoms with van der Waals surface area (Å²) in [6, 6.07) is -3.26. The topological polar surface area (TPSA) is 364 Å². The SMILES string of the molecule is CC(=O)N[C@@H]1[C@@H](O[C@@H]2O[C@H](CO)[C@H](O)[C@H](O[C@]3(C(=O)O)C[C@H](O)[C@@H](NC(=O)CO)[C@H]([C@H](O)[C@H](O)CO)O3)[C@H]2O)[C@@H](O)[C@@H](CO)O[C@@H]1O. The van der Waals surface area contributed by atoms with E-state index in [1.165, 1.54) is 0 Å². The first-order chi connectivity index (χ1) is 22.0. The van der Waals surface area contributed by atoms with E-state index in [2.05, 4.69) is 10.6 Å². The van der Waals surface area contributed by atoms with E-state index in [1.807, 2.05) is 0 Å². The van der Waals surface area contributed by atoms with Gasteiger partial charge in [-0.05, 0) is 0 Å². The first-order valence-corrected chi connectivity index (χ1v) is 14.4. The van der Waals surface area contributed by atoms with Gasteiger partial charge >= 0.3 is 5.97 Å². The lowest BCUT2D eigenvalue weighted by Crippen LogP contribution is -2.71. The third-order valence-electron chi connectivity index (χ3n) is 7.97. The number of aliphatic hydroxyl groups excluding tert-OH is 11. The van der Waals surface area contributed by atoms with Crippen molar-refractivity contribution in [2.24, 2.45) is 0 Å². The van der Waals surface area contributed by atoms with Crippen molar-refractivity contribution in [3.05, 3.63) is 0 Å². The molecule has 3 aliphatic rings. The molecule has 22 heteroatoms. The molecule has 2 amide bonds. The number of carbonyl (C=O) groups excluding carboxylic acids is 2. The summed E-state index contributed by atoms with van der Waals surface area (Å²) in [6.07, 6.45) is -26.5. The maximum Gasteiger partial charge on any atom is 0.364 e. The fourth-order valence-corrected chi connectivity index (χ4v) is 5.56. The van der Waals surface area contributed by atoms with Crippen LogP contribution in [0, 0.1) is 0 Å². The van der Waals surface area contributed by atoms with Crippen molar-refractivity contribution in [2.45, 2.75) is 111 Å². The van der Waals surface area contributed by atoms with Gasteiger partial charge in [-0.25, -0.2) is 4.79 Å². The zero-order valence-corrected chi connectivity index (χ0v) is 24.8. The Balaban J connectivity index is 1.98. The van der Waals surface area contributed by atoms with Crippen LogP contribution in [0.1, 0.15) is 13.3 Å². The standard InChI is InChI=1S/C25H42N2O20/c1-7(32)26-14-19(16(37)10(4-29)43-22(14)40)45-23-18(39)21(17(38)11(5-30)44-23)47-25(24(41)42)2-8(33)13(27-12(35)6-31)20(46-25)15(36)9(34)3-28/h8-11,13-23,28-31,33-34,36-40H,2-6H2,1H3,(H,26,32)(H,27,35)(H,41,42)/t8-,9+,10+,11+,13+,14+,15+,16-,17-,18+,19+,20+,21-,22-,23-,25-/m0/s1. The molecule has 3 fully saturated rings. The van der Waals surface area contributed by atoms with Crippen molar-refractivity contribution in [1.29, 1.82) is 0 Å². The largest absolute Gasteiger partial charge is 0.477 e. The fraction of sp³-hybridized carbons (Fsp3) is 0.880. The highest BCUT2D eigenvalue weighted by Crippen LogP contribution is 2.38. The van der Waals surface area contributed by atoms with Gasteiger partial charge in [0.25, 0.3) is 5.79 Å². The van der Waals surface area contributed by atoms with E-state index in [-0.39, 0.29) is 0 Å². The Morgan fingerprint density at radius 2 is 1.47 bits per heavy atom. The average Bonchev–Trinajstić information content (AvgIpc) is 3.03. The number of aliphatic carboxylic acids is 1. The van der Waals surface area contributed by atoms with Gasteiger partial charge in [0, 0.05) is 13.3 Å². The fourth-order valence-electron chi connectivity index (χ4n) is 5.56. The van der Waals surface area contributed by atoms with Crippen molar-refractivity contribution in [3.63, 3.8) is 0 Å². The minimum atomic E-state index is -3.11. The quantitative estimate of drug-likeness (QED) is 0.0852. The number of ether oxygens (including phenoxy) is 5. The molecule has 0 aromatic carbocycles. The molecule has 0 radical (unpaired) electrons. The Hall–Kier alpha value is -2.23. The Labute approximate surface area is 265 Å². The number of hydrogen-bond donors (Lipinski definition) is 14. The average molecular weight is 691 g/mol. The van der Waals surface area contributed by atoms with Crippen LogP contribution < -0.4 is 10.6 Å². The Morgan fingerprint density at radius 3 is 2.00 bits per heavy atom. The molecule has 22 nitrogen and oxygen atoms in total. The maximum absolute atomic E-state index is 12.6. The summed E-state index contributed by atoms with van der Waals surface area (Å²) in [6.45, 7) is -3.02. The highest BCUT2D eigenvalue weighted by atomic mass is 16.8. The highest BCUT2D eigenvalue weighted by Gasteiger charge is 2.60. The van der Waals surface area contributed by atoms with Crippen LogP contribution in [0.5, 0.6) is 0 Å². The summed E-state index contributed by atoms with van der Waals surface area (Å²) in [5, 5.41) is 127. The normalized spacial score (nSPS) is 42.3. The molecule has 0 bridgehead atoms. The Kier molecular flexibility index (Phi) is 13.7. The molecule has 0 aromatic heterocycles. The maximum atomic E-state index is 12.6. The molecule has 3 aliphatic heterocycles. The number of carboxylic acids is 1. The van der Waals surface area contributed by atoms with Crippen LogP contribution in [0.2, 0.25) is 0 Å². The Morgan fingerprint density at radius 1 is 0.872 bits per heavy atom. The molecule has 3 heterocycles. The molecular formula is C25H42N2O20. The molecular weight excluding hydrogens is 648 g/mol. The van der Waals surface area contributed by atoms with Crippen molar-refractivity contribution in [2.75, 3.05) is 26.4 Å². The number of hydrogen-bond acceptors (Lipinski definition) is 19. The minimum Gasteiger partial charge on any atom is -0.477 e. The summed E-state index contributed by atoms with van der Waals surface area (Å²) < 4.78 is 27.2. The zero-order valence-electron chi connectivity index (χ0n) is 24.8. The molecule has 0 aliphatic carbocycles. The number of amides is 2. The van der Waals surface area contributed by atoms with Crippen molar-refractivity contribution in [1.82, 2.24) is 10.6 Å². The van der Waals surface area contributed by atoms with Gasteiger partial charge in [-0.1, -0.05) is 0 Å². The van der Waals surface area contributed by atoms with Gasteiger partial charge in [0.1, 0.15) is 73.7 Å². The van der Waals surface area contributed by atoms with Gasteiger partial charge in [0.05, 0.1) is 32.0 Å². The minimum absolute atomic E-state index is 0.733. The van der Waals surface area contributed by atoms with Gasteiger partial charge in [-0.2, -0.15) is 0 Å². The van der Waals surface area contributed by atoms with Crippen LogP contribution in [-0.2, 0) is 38.1 Å². The molecule has 0 aromatic rings. The van der Waals surface area contributed by atoms with E-state index in [1.54, 1.807) is 0 Å². The third-order valence-corrected chi connectivity index (χ3v) is 7.97. The van der Waals surface area contributed by atoms with Crippen LogP contribution in [0.4, 0.5) is 0 Å². The van der Waals surface area contributed by atoms with Gasteiger partial charge in [-0.3, -0.25) is 9.59 Å². The third kappa shape index (κ3) is 8.50. The lowest BCUT2D eigenvalue weighted by Gasteiger charge is -2.50. The second-order valence-electron chi connectivity index (χ2n) is 11.3. The molecule has 272 valence electrons. The zero-order chi connectivity index (χ0) is 35.4. The lowest BCUT2D eigenvalue weighted by atomic mass is 9.88. The van der Waals surface area contributed by atoms with Gasteiger partial charge in [0.15, 0.2) is 12.6 Å². The van der Waals surface area contributed by atoms with E-state index >= 15 is 0 Å². The van der Waals surface area contributed by atoms with Crippen LogP contribution in [0.3, 0.4) is 0 Å². The van der Waals surface area contributed by atoms with E-state index < -0.39 is 148 Å². The number of nitrogens with one attached hydrogen (secondary N) is 2. The predicted octanol–water partition coefficient (Wildman–Crippen LogP) is -9.11. The second kappa shape index (κ2) is 16.4. The summed E-state index contributed by atoms with van der Waals surface area (Å²) in [5.41, 5.74) is 0. The number of carbonyl (C=O) groups is 3. The number of carboxylic acid groups (broad SMARTS) is 1. The van der Waals surface area contributed by atoms with Crippen LogP contribution in [-0.4, -0.2) is 203 Å². The first kappa shape index (κ1) is 39.2. The van der Waals surface area contributed by atoms with Crippen LogP contribution >= 0.6 is 0 Å². The van der Waals surface area contributed by atoms with E-state index in [4.69, 9.17) is 28.8 Å².